The molecule has 5 nitrogen and oxygen atoms in total. The summed E-state index contributed by atoms with van der Waals surface area (Å²) in [5, 5.41) is 12.9. The van der Waals surface area contributed by atoms with Gasteiger partial charge in [0.15, 0.2) is 0 Å². The second kappa shape index (κ2) is 7.43. The molecule has 1 saturated heterocycles. The highest BCUT2D eigenvalue weighted by Gasteiger charge is 2.27. The first-order valence-corrected chi connectivity index (χ1v) is 7.52. The summed E-state index contributed by atoms with van der Waals surface area (Å²) >= 11 is 0. The summed E-state index contributed by atoms with van der Waals surface area (Å²) in [6, 6.07) is 6.82. The maximum atomic E-state index is 11.7. The summed E-state index contributed by atoms with van der Waals surface area (Å²) in [5.41, 5.74) is 0.806. The van der Waals surface area contributed by atoms with E-state index in [1.807, 2.05) is 43.0 Å². The number of carboxylic acid groups (broad SMARTS) is 1. The summed E-state index contributed by atoms with van der Waals surface area (Å²) in [6.07, 6.45) is 1.08. The van der Waals surface area contributed by atoms with Gasteiger partial charge in [-0.15, -0.1) is 0 Å². The van der Waals surface area contributed by atoms with Gasteiger partial charge in [0.2, 0.25) is 0 Å². The standard InChI is InChI=1S/C16H24N2O3/c1-12(2)21-14-6-4-13(5-7-14)15(16(19)20)18-10-3-8-17-9-11-18/h4-7,12,15,17H,3,8-11H2,1-2H3,(H,19,20). The average Bonchev–Trinajstić information content (AvgIpc) is 2.69. The lowest BCUT2D eigenvalue weighted by Gasteiger charge is -2.27. The Morgan fingerprint density at radius 2 is 1.95 bits per heavy atom. The molecule has 0 saturated carbocycles. The summed E-state index contributed by atoms with van der Waals surface area (Å²) in [4.78, 5) is 13.7. The molecule has 0 spiro atoms. The van der Waals surface area contributed by atoms with Gasteiger partial charge in [-0.1, -0.05) is 12.1 Å². The lowest BCUT2D eigenvalue weighted by atomic mass is 10.0. The number of nitrogens with one attached hydrogen (secondary N) is 1. The summed E-state index contributed by atoms with van der Waals surface area (Å²) in [7, 11) is 0. The Balaban J connectivity index is 2.15. The molecule has 1 aromatic carbocycles. The van der Waals surface area contributed by atoms with E-state index in [-0.39, 0.29) is 6.10 Å². The molecule has 1 fully saturated rings. The molecule has 21 heavy (non-hydrogen) atoms. The third-order valence-electron chi connectivity index (χ3n) is 3.54. The molecule has 0 radical (unpaired) electrons. The van der Waals surface area contributed by atoms with Gasteiger partial charge < -0.3 is 15.2 Å². The molecule has 116 valence electrons. The van der Waals surface area contributed by atoms with Gasteiger partial charge >= 0.3 is 5.97 Å². The Bertz CT molecular complexity index is 451. The second-order valence-electron chi connectivity index (χ2n) is 5.62. The number of rotatable bonds is 5. The van der Waals surface area contributed by atoms with Gasteiger partial charge in [-0.3, -0.25) is 9.69 Å². The zero-order valence-electron chi connectivity index (χ0n) is 12.7. The van der Waals surface area contributed by atoms with E-state index in [1.165, 1.54) is 0 Å². The molecule has 1 heterocycles. The predicted octanol–water partition coefficient (Wildman–Crippen LogP) is 1.89. The maximum Gasteiger partial charge on any atom is 0.325 e. The zero-order chi connectivity index (χ0) is 15.2. The highest BCUT2D eigenvalue weighted by atomic mass is 16.5. The van der Waals surface area contributed by atoms with Crippen molar-refractivity contribution in [2.24, 2.45) is 0 Å². The van der Waals surface area contributed by atoms with Gasteiger partial charge in [-0.25, -0.2) is 0 Å². The van der Waals surface area contributed by atoms with Crippen LogP contribution < -0.4 is 10.1 Å². The molecular weight excluding hydrogens is 268 g/mol. The topological polar surface area (TPSA) is 61.8 Å². The third kappa shape index (κ3) is 4.44. The van der Waals surface area contributed by atoms with E-state index >= 15 is 0 Å². The molecule has 1 atom stereocenters. The smallest absolute Gasteiger partial charge is 0.325 e. The molecule has 2 rings (SSSR count). The molecule has 1 aromatic rings. The number of ether oxygens (including phenoxy) is 1. The van der Waals surface area contributed by atoms with Gasteiger partial charge in [0.1, 0.15) is 11.8 Å². The maximum absolute atomic E-state index is 11.7. The lowest BCUT2D eigenvalue weighted by molar-refractivity contribution is -0.143. The minimum Gasteiger partial charge on any atom is -0.491 e. The first kappa shape index (κ1) is 15.8. The Morgan fingerprint density at radius 1 is 1.24 bits per heavy atom. The molecule has 0 aliphatic carbocycles. The minimum atomic E-state index is -0.797. The summed E-state index contributed by atoms with van der Waals surface area (Å²) in [6.45, 7) is 7.27. The second-order valence-corrected chi connectivity index (χ2v) is 5.62. The molecule has 0 aromatic heterocycles. The number of aliphatic carboxylic acids is 1. The number of carboxylic acids is 1. The monoisotopic (exact) mass is 292 g/mol. The van der Waals surface area contributed by atoms with Crippen LogP contribution in [0, 0.1) is 0 Å². The van der Waals surface area contributed by atoms with Crippen LogP contribution in [0.1, 0.15) is 31.9 Å². The fraction of sp³-hybridized carbons (Fsp3) is 0.562. The number of hydrogen-bond donors (Lipinski definition) is 2. The van der Waals surface area contributed by atoms with Crippen molar-refractivity contribution in [2.45, 2.75) is 32.4 Å². The molecule has 1 aliphatic heterocycles. The van der Waals surface area contributed by atoms with Crippen molar-refractivity contribution in [3.63, 3.8) is 0 Å². The highest BCUT2D eigenvalue weighted by Crippen LogP contribution is 2.24. The molecule has 1 unspecified atom stereocenters. The molecule has 2 N–H and O–H groups in total. The summed E-state index contributed by atoms with van der Waals surface area (Å²) in [5.74, 6) is -0.0233. The molecule has 1 aliphatic rings. The molecule has 0 bridgehead atoms. The normalized spacial score (nSPS) is 18.2. The van der Waals surface area contributed by atoms with Crippen LogP contribution in [0.3, 0.4) is 0 Å². The fourth-order valence-corrected chi connectivity index (χ4v) is 2.64. The number of hydrogen-bond acceptors (Lipinski definition) is 4. The first-order chi connectivity index (χ1) is 10.1. The van der Waals surface area contributed by atoms with Crippen molar-refractivity contribution in [1.29, 1.82) is 0 Å². The van der Waals surface area contributed by atoms with Crippen molar-refractivity contribution >= 4 is 5.97 Å². The van der Waals surface area contributed by atoms with E-state index in [4.69, 9.17) is 4.74 Å². The molecule has 5 heteroatoms. The predicted molar refractivity (Wildman–Crippen MR) is 81.6 cm³/mol. The quantitative estimate of drug-likeness (QED) is 0.868. The first-order valence-electron chi connectivity index (χ1n) is 7.52. The van der Waals surface area contributed by atoms with Gasteiger partial charge in [-0.05, 0) is 44.5 Å². The number of carbonyl (C=O) groups is 1. The van der Waals surface area contributed by atoms with Crippen LogP contribution in [0.25, 0.3) is 0 Å². The SMILES string of the molecule is CC(C)Oc1ccc(C(C(=O)O)N2CCCNCC2)cc1. The Morgan fingerprint density at radius 3 is 2.57 bits per heavy atom. The van der Waals surface area contributed by atoms with Crippen LogP contribution in [0.2, 0.25) is 0 Å². The third-order valence-corrected chi connectivity index (χ3v) is 3.54. The van der Waals surface area contributed by atoms with E-state index in [0.717, 1.165) is 43.9 Å². The van der Waals surface area contributed by atoms with Crippen molar-refractivity contribution in [1.82, 2.24) is 10.2 Å². The molecule has 0 amide bonds. The highest BCUT2D eigenvalue weighted by molar-refractivity contribution is 5.75. The lowest BCUT2D eigenvalue weighted by Crippen LogP contribution is -2.36. The minimum absolute atomic E-state index is 0.114. The van der Waals surface area contributed by atoms with E-state index in [2.05, 4.69) is 5.32 Å². The van der Waals surface area contributed by atoms with Gasteiger partial charge in [0.25, 0.3) is 0 Å². The van der Waals surface area contributed by atoms with Crippen LogP contribution in [0.5, 0.6) is 5.75 Å². The van der Waals surface area contributed by atoms with E-state index in [0.29, 0.717) is 0 Å². The van der Waals surface area contributed by atoms with Crippen LogP contribution in [-0.4, -0.2) is 48.3 Å². The van der Waals surface area contributed by atoms with Crippen molar-refractivity contribution in [3.8, 4) is 5.75 Å². The van der Waals surface area contributed by atoms with Crippen LogP contribution in [0.4, 0.5) is 0 Å². The van der Waals surface area contributed by atoms with E-state index < -0.39 is 12.0 Å². The van der Waals surface area contributed by atoms with Gasteiger partial charge in [0, 0.05) is 19.6 Å². The van der Waals surface area contributed by atoms with Crippen molar-refractivity contribution in [3.05, 3.63) is 29.8 Å². The van der Waals surface area contributed by atoms with Crippen molar-refractivity contribution < 1.29 is 14.6 Å². The Hall–Kier alpha value is -1.59. The van der Waals surface area contributed by atoms with Gasteiger partial charge in [0.05, 0.1) is 6.10 Å². The largest absolute Gasteiger partial charge is 0.491 e. The Labute approximate surface area is 125 Å². The van der Waals surface area contributed by atoms with Crippen LogP contribution in [-0.2, 0) is 4.79 Å². The molecular formula is C16H24N2O3. The van der Waals surface area contributed by atoms with E-state index in [1.54, 1.807) is 0 Å². The van der Waals surface area contributed by atoms with Crippen molar-refractivity contribution in [2.75, 3.05) is 26.2 Å². The zero-order valence-corrected chi connectivity index (χ0v) is 12.7. The van der Waals surface area contributed by atoms with E-state index in [9.17, 15) is 9.90 Å². The average molecular weight is 292 g/mol. The van der Waals surface area contributed by atoms with Crippen LogP contribution >= 0.6 is 0 Å². The van der Waals surface area contributed by atoms with Crippen LogP contribution in [0.15, 0.2) is 24.3 Å². The number of benzene rings is 1. The van der Waals surface area contributed by atoms with Gasteiger partial charge in [-0.2, -0.15) is 0 Å². The number of nitrogens with zero attached hydrogens (tertiary/aromatic N) is 1. The Kier molecular flexibility index (Phi) is 5.59. The fourth-order valence-electron chi connectivity index (χ4n) is 2.64. The summed E-state index contributed by atoms with van der Waals surface area (Å²) < 4.78 is 5.60.